The van der Waals surface area contributed by atoms with E-state index in [1.165, 1.54) is 25.7 Å². The maximum Gasteiger partial charge on any atom is 0.177 e. The number of thioether (sulfide) groups is 1. The lowest BCUT2D eigenvalue weighted by Gasteiger charge is -2.28. The minimum absolute atomic E-state index is 0.0519. The van der Waals surface area contributed by atoms with Crippen molar-refractivity contribution in [1.29, 1.82) is 0 Å². The average Bonchev–Trinajstić information content (AvgIpc) is 2.38. The van der Waals surface area contributed by atoms with Crippen LogP contribution in [-0.2, 0) is 0 Å². The van der Waals surface area contributed by atoms with Crippen LogP contribution >= 0.6 is 35.0 Å². The highest BCUT2D eigenvalue weighted by atomic mass is 35.5. The van der Waals surface area contributed by atoms with Crippen LogP contribution in [0.2, 0.25) is 10.0 Å². The molecule has 1 aliphatic carbocycles. The molecule has 1 saturated carbocycles. The summed E-state index contributed by atoms with van der Waals surface area (Å²) in [6.45, 7) is 4.28. The van der Waals surface area contributed by atoms with E-state index in [1.807, 2.05) is 6.92 Å². The third kappa shape index (κ3) is 4.16. The molecule has 1 aromatic carbocycles. The maximum absolute atomic E-state index is 12.5. The number of hydrogen-bond acceptors (Lipinski definition) is 2. The predicted molar refractivity (Wildman–Crippen MR) is 89.3 cm³/mol. The highest BCUT2D eigenvalue weighted by Crippen LogP contribution is 2.35. The van der Waals surface area contributed by atoms with Gasteiger partial charge in [-0.3, -0.25) is 4.79 Å². The van der Waals surface area contributed by atoms with Gasteiger partial charge in [-0.15, -0.1) is 11.8 Å². The first kappa shape index (κ1) is 16.2. The Labute approximate surface area is 135 Å². The summed E-state index contributed by atoms with van der Waals surface area (Å²) in [7, 11) is 0. The monoisotopic (exact) mass is 330 g/mol. The van der Waals surface area contributed by atoms with Crippen molar-refractivity contribution in [1.82, 2.24) is 0 Å². The molecular formula is C16H20Cl2OS. The Hall–Kier alpha value is -0.180. The van der Waals surface area contributed by atoms with Crippen LogP contribution in [0.15, 0.2) is 18.2 Å². The fourth-order valence-corrected chi connectivity index (χ4v) is 4.83. The summed E-state index contributed by atoms with van der Waals surface area (Å²) in [5.74, 6) is 0.887. The lowest BCUT2D eigenvalue weighted by molar-refractivity contribution is 0.0993. The van der Waals surface area contributed by atoms with E-state index in [0.29, 0.717) is 20.9 Å². The largest absolute Gasteiger partial charge is 0.293 e. The number of carbonyl (C=O) groups is 1. The molecule has 20 heavy (non-hydrogen) atoms. The molecule has 1 aromatic rings. The van der Waals surface area contributed by atoms with Crippen LogP contribution in [0, 0.1) is 5.92 Å². The van der Waals surface area contributed by atoms with Crippen LogP contribution < -0.4 is 0 Å². The summed E-state index contributed by atoms with van der Waals surface area (Å²) in [4.78, 5) is 12.5. The van der Waals surface area contributed by atoms with E-state index < -0.39 is 0 Å². The van der Waals surface area contributed by atoms with Gasteiger partial charge in [-0.25, -0.2) is 0 Å². The van der Waals surface area contributed by atoms with Gasteiger partial charge in [0.05, 0.1) is 10.3 Å². The Morgan fingerprint density at radius 3 is 2.75 bits per heavy atom. The van der Waals surface area contributed by atoms with Crippen molar-refractivity contribution in [2.24, 2.45) is 5.92 Å². The topological polar surface area (TPSA) is 17.1 Å². The molecule has 0 aliphatic heterocycles. The Bertz CT molecular complexity index is 489. The molecule has 3 atom stereocenters. The first-order valence-corrected chi connectivity index (χ1v) is 8.82. The fourth-order valence-electron chi connectivity index (χ4n) is 2.76. The number of carbonyl (C=O) groups excluding carboxylic acids is 1. The Morgan fingerprint density at radius 1 is 1.35 bits per heavy atom. The molecule has 1 nitrogen and oxygen atoms in total. The van der Waals surface area contributed by atoms with Gasteiger partial charge in [-0.1, -0.05) is 43.0 Å². The van der Waals surface area contributed by atoms with E-state index in [0.717, 1.165) is 5.92 Å². The lowest BCUT2D eigenvalue weighted by atomic mass is 9.91. The molecule has 0 radical (unpaired) electrons. The summed E-state index contributed by atoms with van der Waals surface area (Å²) in [6, 6.07) is 5.09. The van der Waals surface area contributed by atoms with Crippen molar-refractivity contribution in [3.8, 4) is 0 Å². The van der Waals surface area contributed by atoms with E-state index in [9.17, 15) is 4.79 Å². The molecule has 1 aliphatic rings. The first-order valence-electron chi connectivity index (χ1n) is 7.12. The molecule has 0 N–H and O–H groups in total. The second kappa shape index (κ2) is 7.20. The normalized spacial score (nSPS) is 24.4. The van der Waals surface area contributed by atoms with Gasteiger partial charge in [0.1, 0.15) is 0 Å². The van der Waals surface area contributed by atoms with Gasteiger partial charge in [0.25, 0.3) is 0 Å². The molecule has 0 aromatic heterocycles. The number of benzene rings is 1. The molecule has 0 amide bonds. The van der Waals surface area contributed by atoms with E-state index in [1.54, 1.807) is 30.0 Å². The first-order chi connectivity index (χ1) is 9.47. The van der Waals surface area contributed by atoms with Gasteiger partial charge in [0.2, 0.25) is 0 Å². The van der Waals surface area contributed by atoms with Crippen LogP contribution in [0.4, 0.5) is 0 Å². The van der Waals surface area contributed by atoms with Gasteiger partial charge in [-0.05, 0) is 43.9 Å². The molecule has 0 heterocycles. The molecular weight excluding hydrogens is 311 g/mol. The van der Waals surface area contributed by atoms with Crippen molar-refractivity contribution < 1.29 is 4.79 Å². The van der Waals surface area contributed by atoms with Gasteiger partial charge in [0, 0.05) is 15.8 Å². The van der Waals surface area contributed by atoms with Gasteiger partial charge in [-0.2, -0.15) is 0 Å². The van der Waals surface area contributed by atoms with Crippen LogP contribution in [0.25, 0.3) is 0 Å². The van der Waals surface area contributed by atoms with Crippen LogP contribution in [0.1, 0.15) is 49.9 Å². The van der Waals surface area contributed by atoms with Crippen LogP contribution in [0.3, 0.4) is 0 Å². The standard InChI is InChI=1S/C16H20Cl2OS/c1-10-4-3-5-13(8-10)20-11(2)16(19)14-7-6-12(17)9-15(14)18/h6-7,9-11,13H,3-5,8H2,1-2H3. The number of Topliss-reactive ketones (excluding diaryl/α,β-unsaturated/α-hetero) is 1. The highest BCUT2D eigenvalue weighted by Gasteiger charge is 2.25. The van der Waals surface area contributed by atoms with Gasteiger partial charge >= 0.3 is 0 Å². The van der Waals surface area contributed by atoms with Gasteiger partial charge in [0.15, 0.2) is 5.78 Å². The SMILES string of the molecule is CC1CCCC(SC(C)C(=O)c2ccc(Cl)cc2Cl)C1. The average molecular weight is 331 g/mol. The van der Waals surface area contributed by atoms with Crippen molar-refractivity contribution in [3.05, 3.63) is 33.8 Å². The Morgan fingerprint density at radius 2 is 2.10 bits per heavy atom. The Balaban J connectivity index is 2.01. The zero-order valence-corrected chi connectivity index (χ0v) is 14.2. The van der Waals surface area contributed by atoms with Crippen molar-refractivity contribution in [3.63, 3.8) is 0 Å². The van der Waals surface area contributed by atoms with E-state index in [4.69, 9.17) is 23.2 Å². The predicted octanol–water partition coefficient (Wildman–Crippen LogP) is 5.88. The quantitative estimate of drug-likeness (QED) is 0.641. The minimum atomic E-state index is -0.0519. The number of hydrogen-bond donors (Lipinski definition) is 0. The number of ketones is 1. The van der Waals surface area contributed by atoms with E-state index in [2.05, 4.69) is 6.92 Å². The van der Waals surface area contributed by atoms with Crippen molar-refractivity contribution in [2.75, 3.05) is 0 Å². The van der Waals surface area contributed by atoms with Crippen LogP contribution in [0.5, 0.6) is 0 Å². The molecule has 110 valence electrons. The smallest absolute Gasteiger partial charge is 0.177 e. The summed E-state index contributed by atoms with van der Waals surface area (Å²) in [5, 5.41) is 1.56. The molecule has 2 rings (SSSR count). The summed E-state index contributed by atoms with van der Waals surface area (Å²) in [5.41, 5.74) is 0.583. The Kier molecular flexibility index (Phi) is 5.83. The van der Waals surface area contributed by atoms with Gasteiger partial charge < -0.3 is 0 Å². The maximum atomic E-state index is 12.5. The summed E-state index contributed by atoms with van der Waals surface area (Å²) >= 11 is 13.8. The van der Waals surface area contributed by atoms with E-state index >= 15 is 0 Å². The lowest BCUT2D eigenvalue weighted by Crippen LogP contribution is -2.22. The second-order valence-corrected chi connectivity index (χ2v) is 8.15. The highest BCUT2D eigenvalue weighted by molar-refractivity contribution is 8.01. The summed E-state index contributed by atoms with van der Waals surface area (Å²) in [6.07, 6.45) is 5.04. The van der Waals surface area contributed by atoms with Crippen LogP contribution in [-0.4, -0.2) is 16.3 Å². The molecule has 0 bridgehead atoms. The molecule has 0 saturated heterocycles. The van der Waals surface area contributed by atoms with Crippen molar-refractivity contribution >= 4 is 40.7 Å². The molecule has 4 heteroatoms. The number of halogens is 2. The molecule has 0 spiro atoms. The fraction of sp³-hybridized carbons (Fsp3) is 0.562. The zero-order chi connectivity index (χ0) is 14.7. The van der Waals surface area contributed by atoms with E-state index in [-0.39, 0.29) is 11.0 Å². The minimum Gasteiger partial charge on any atom is -0.293 e. The zero-order valence-electron chi connectivity index (χ0n) is 11.9. The second-order valence-electron chi connectivity index (χ2n) is 5.66. The number of rotatable bonds is 4. The molecule has 3 unspecified atom stereocenters. The third-order valence-electron chi connectivity index (χ3n) is 3.85. The third-order valence-corrected chi connectivity index (χ3v) is 5.83. The molecule has 1 fully saturated rings. The van der Waals surface area contributed by atoms with Crippen molar-refractivity contribution in [2.45, 2.75) is 50.0 Å². The summed E-state index contributed by atoms with van der Waals surface area (Å²) < 4.78 is 0.